The number of alkyl halides is 3. The summed E-state index contributed by atoms with van der Waals surface area (Å²) in [5.41, 5.74) is -0.961. The zero-order valence-corrected chi connectivity index (χ0v) is 15.6. The predicted molar refractivity (Wildman–Crippen MR) is 100 cm³/mol. The topological polar surface area (TPSA) is 90.4 Å². The van der Waals surface area contributed by atoms with Gasteiger partial charge in [0.15, 0.2) is 0 Å². The first-order valence-corrected chi connectivity index (χ1v) is 9.22. The van der Waals surface area contributed by atoms with E-state index in [0.29, 0.717) is 38.5 Å². The van der Waals surface area contributed by atoms with Gasteiger partial charge in [0.1, 0.15) is 0 Å². The molecule has 29 heavy (non-hydrogen) atoms. The smallest absolute Gasteiger partial charge is 0.390 e. The standard InChI is InChI=1S/C19H22F3N5O2/c20-19(21,22)14-4-1-3-13(11-14)17(29)26-15-5-9-27(12-16(15)28)10-8-25-18-23-6-2-7-24-18/h1-4,6-7,11,15-16,28H,5,8-10,12H2,(H,26,29)(H,23,24,25)/t15-,16-/m0/s1. The fraction of sp³-hybridized carbons (Fsp3) is 0.421. The van der Waals surface area contributed by atoms with Crippen molar-refractivity contribution in [1.29, 1.82) is 0 Å². The van der Waals surface area contributed by atoms with Gasteiger partial charge in [0.05, 0.1) is 17.7 Å². The van der Waals surface area contributed by atoms with Gasteiger partial charge in [-0.1, -0.05) is 6.07 Å². The van der Waals surface area contributed by atoms with Gasteiger partial charge in [-0.15, -0.1) is 0 Å². The van der Waals surface area contributed by atoms with Crippen molar-refractivity contribution in [2.75, 3.05) is 31.5 Å². The Morgan fingerprint density at radius 1 is 1.24 bits per heavy atom. The molecule has 0 unspecified atom stereocenters. The minimum absolute atomic E-state index is 0.0819. The molecule has 1 aromatic heterocycles. The summed E-state index contributed by atoms with van der Waals surface area (Å²) in [6.45, 7) is 2.24. The van der Waals surface area contributed by atoms with Gasteiger partial charge in [-0.05, 0) is 30.7 Å². The highest BCUT2D eigenvalue weighted by Gasteiger charge is 2.32. The average Bonchev–Trinajstić information content (AvgIpc) is 2.70. The number of aliphatic hydroxyl groups is 1. The molecule has 1 fully saturated rings. The molecule has 0 saturated carbocycles. The van der Waals surface area contributed by atoms with Gasteiger partial charge in [0, 0.05) is 44.1 Å². The molecule has 156 valence electrons. The summed E-state index contributed by atoms with van der Waals surface area (Å²) in [4.78, 5) is 22.5. The summed E-state index contributed by atoms with van der Waals surface area (Å²) in [7, 11) is 0. The maximum Gasteiger partial charge on any atom is 0.416 e. The molecule has 7 nitrogen and oxygen atoms in total. The molecule has 2 aromatic rings. The van der Waals surface area contributed by atoms with Crippen molar-refractivity contribution in [3.63, 3.8) is 0 Å². The lowest BCUT2D eigenvalue weighted by molar-refractivity contribution is -0.137. The van der Waals surface area contributed by atoms with Crippen LogP contribution >= 0.6 is 0 Å². The van der Waals surface area contributed by atoms with E-state index in [1.165, 1.54) is 12.1 Å². The lowest BCUT2D eigenvalue weighted by Gasteiger charge is -2.36. The Balaban J connectivity index is 1.48. The second-order valence-electron chi connectivity index (χ2n) is 6.81. The fourth-order valence-corrected chi connectivity index (χ4v) is 3.17. The summed E-state index contributed by atoms with van der Waals surface area (Å²) in [5, 5.41) is 16.1. The molecule has 0 radical (unpaired) electrons. The molecule has 1 aromatic carbocycles. The average molecular weight is 409 g/mol. The van der Waals surface area contributed by atoms with Crippen molar-refractivity contribution in [3.8, 4) is 0 Å². The first-order chi connectivity index (χ1) is 13.8. The summed E-state index contributed by atoms with van der Waals surface area (Å²) >= 11 is 0. The van der Waals surface area contributed by atoms with Gasteiger partial charge in [0.25, 0.3) is 5.91 Å². The van der Waals surface area contributed by atoms with Crippen LogP contribution < -0.4 is 10.6 Å². The van der Waals surface area contributed by atoms with Crippen molar-refractivity contribution in [3.05, 3.63) is 53.9 Å². The Morgan fingerprint density at radius 2 is 2.00 bits per heavy atom. The highest BCUT2D eigenvalue weighted by atomic mass is 19.4. The molecule has 1 saturated heterocycles. The van der Waals surface area contributed by atoms with Crippen LogP contribution in [0.5, 0.6) is 0 Å². The summed E-state index contributed by atoms with van der Waals surface area (Å²) < 4.78 is 38.4. The number of hydrogen-bond donors (Lipinski definition) is 3. The number of benzene rings is 1. The number of aromatic nitrogens is 2. The molecule has 0 bridgehead atoms. The number of piperidine rings is 1. The number of amides is 1. The van der Waals surface area contributed by atoms with Crippen LogP contribution in [0, 0.1) is 0 Å². The summed E-state index contributed by atoms with van der Waals surface area (Å²) in [5.74, 6) is -0.104. The minimum Gasteiger partial charge on any atom is -0.390 e. The molecular formula is C19H22F3N5O2. The molecule has 2 atom stereocenters. The van der Waals surface area contributed by atoms with Crippen molar-refractivity contribution >= 4 is 11.9 Å². The summed E-state index contributed by atoms with van der Waals surface area (Å²) in [6, 6.07) is 5.45. The fourth-order valence-electron chi connectivity index (χ4n) is 3.17. The number of nitrogens with one attached hydrogen (secondary N) is 2. The third kappa shape index (κ3) is 5.88. The van der Waals surface area contributed by atoms with E-state index in [2.05, 4.69) is 20.6 Å². The molecular weight excluding hydrogens is 387 g/mol. The Bertz CT molecular complexity index is 819. The zero-order chi connectivity index (χ0) is 20.9. The van der Waals surface area contributed by atoms with E-state index in [1.54, 1.807) is 18.5 Å². The normalized spacial score (nSPS) is 20.3. The van der Waals surface area contributed by atoms with E-state index < -0.39 is 29.8 Å². The lowest BCUT2D eigenvalue weighted by Crippen LogP contribution is -2.54. The molecule has 0 aliphatic carbocycles. The van der Waals surface area contributed by atoms with Crippen LogP contribution in [0.25, 0.3) is 0 Å². The van der Waals surface area contributed by atoms with E-state index in [-0.39, 0.29) is 5.56 Å². The second-order valence-corrected chi connectivity index (χ2v) is 6.81. The van der Waals surface area contributed by atoms with Crippen LogP contribution in [-0.2, 0) is 6.18 Å². The molecule has 3 N–H and O–H groups in total. The van der Waals surface area contributed by atoms with Crippen LogP contribution in [0.4, 0.5) is 19.1 Å². The number of rotatable bonds is 6. The SMILES string of the molecule is O=C(N[C@H]1CCN(CCNc2ncccn2)C[C@@H]1O)c1cccc(C(F)(F)F)c1. The van der Waals surface area contributed by atoms with Crippen LogP contribution in [0.15, 0.2) is 42.7 Å². The van der Waals surface area contributed by atoms with Gasteiger partial charge < -0.3 is 15.7 Å². The quantitative estimate of drug-likeness (QED) is 0.674. The third-order valence-corrected chi connectivity index (χ3v) is 4.71. The van der Waals surface area contributed by atoms with E-state index in [0.717, 1.165) is 12.1 Å². The maximum atomic E-state index is 12.8. The monoisotopic (exact) mass is 409 g/mol. The number of carbonyl (C=O) groups is 1. The number of likely N-dealkylation sites (tertiary alicyclic amines) is 1. The Labute approximate surface area is 166 Å². The number of hydrogen-bond acceptors (Lipinski definition) is 6. The van der Waals surface area contributed by atoms with Crippen molar-refractivity contribution in [2.24, 2.45) is 0 Å². The summed E-state index contributed by atoms with van der Waals surface area (Å²) in [6.07, 6.45) is -1.56. The van der Waals surface area contributed by atoms with Gasteiger partial charge in [-0.3, -0.25) is 9.69 Å². The number of carbonyl (C=O) groups excluding carboxylic acids is 1. The molecule has 1 aliphatic rings. The molecule has 3 rings (SSSR count). The van der Waals surface area contributed by atoms with Crippen molar-refractivity contribution < 1.29 is 23.1 Å². The second kappa shape index (κ2) is 9.19. The van der Waals surface area contributed by atoms with Crippen LogP contribution in [0.2, 0.25) is 0 Å². The van der Waals surface area contributed by atoms with Gasteiger partial charge >= 0.3 is 6.18 Å². The Hall–Kier alpha value is -2.72. The van der Waals surface area contributed by atoms with Gasteiger partial charge in [0.2, 0.25) is 5.95 Å². The number of anilines is 1. The first kappa shape index (κ1) is 21.0. The largest absolute Gasteiger partial charge is 0.416 e. The van der Waals surface area contributed by atoms with Gasteiger partial charge in [-0.2, -0.15) is 13.2 Å². The van der Waals surface area contributed by atoms with Gasteiger partial charge in [-0.25, -0.2) is 9.97 Å². The Morgan fingerprint density at radius 3 is 2.69 bits per heavy atom. The van der Waals surface area contributed by atoms with Crippen molar-refractivity contribution in [2.45, 2.75) is 24.7 Å². The van der Waals surface area contributed by atoms with E-state index >= 15 is 0 Å². The van der Waals surface area contributed by atoms with Crippen molar-refractivity contribution in [1.82, 2.24) is 20.2 Å². The molecule has 0 spiro atoms. The van der Waals surface area contributed by atoms with Crippen LogP contribution in [0.3, 0.4) is 0 Å². The van der Waals surface area contributed by atoms with E-state index in [9.17, 15) is 23.1 Å². The predicted octanol–water partition coefficient (Wildman–Crippen LogP) is 1.77. The third-order valence-electron chi connectivity index (χ3n) is 4.71. The molecule has 1 amide bonds. The Kier molecular flexibility index (Phi) is 6.65. The number of aliphatic hydroxyl groups excluding tert-OH is 1. The molecule has 1 aliphatic heterocycles. The molecule has 2 heterocycles. The zero-order valence-electron chi connectivity index (χ0n) is 15.6. The van der Waals surface area contributed by atoms with Crippen LogP contribution in [-0.4, -0.2) is 64.2 Å². The van der Waals surface area contributed by atoms with Crippen LogP contribution in [0.1, 0.15) is 22.3 Å². The number of halogens is 3. The highest BCUT2D eigenvalue weighted by molar-refractivity contribution is 5.94. The molecule has 10 heteroatoms. The highest BCUT2D eigenvalue weighted by Crippen LogP contribution is 2.29. The van der Waals surface area contributed by atoms with E-state index in [1.807, 2.05) is 4.90 Å². The first-order valence-electron chi connectivity index (χ1n) is 9.22. The number of β-amino-alcohol motifs (C(OH)–C–C–N with tert-alkyl or cyclic N) is 1. The lowest BCUT2D eigenvalue weighted by atomic mass is 10.0. The maximum absolute atomic E-state index is 12.8. The minimum atomic E-state index is -4.51. The number of nitrogens with zero attached hydrogens (tertiary/aromatic N) is 3. The van der Waals surface area contributed by atoms with E-state index in [4.69, 9.17) is 0 Å².